The molecule has 4 heteroatoms. The molecule has 0 bridgehead atoms. The van der Waals surface area contributed by atoms with E-state index >= 15 is 0 Å². The predicted octanol–water partition coefficient (Wildman–Crippen LogP) is 3.78. The second-order valence-electron chi connectivity index (χ2n) is 6.95. The molecule has 0 atom stereocenters. The summed E-state index contributed by atoms with van der Waals surface area (Å²) >= 11 is 0. The van der Waals surface area contributed by atoms with Crippen molar-refractivity contribution in [3.05, 3.63) is 41.7 Å². The van der Waals surface area contributed by atoms with Crippen molar-refractivity contribution in [1.82, 2.24) is 0 Å². The molecule has 1 N–H and O–H groups in total. The van der Waals surface area contributed by atoms with Gasteiger partial charge in [0.1, 0.15) is 5.76 Å². The molecule has 2 rings (SSSR count). The van der Waals surface area contributed by atoms with Gasteiger partial charge in [0.25, 0.3) is 0 Å². The Balaban J connectivity index is 1.82. The Hall–Kier alpha value is -2.10. The van der Waals surface area contributed by atoms with Crippen LogP contribution >= 0.6 is 0 Å². The van der Waals surface area contributed by atoms with E-state index in [1.54, 1.807) is 6.21 Å². The summed E-state index contributed by atoms with van der Waals surface area (Å²) in [5.41, 5.74) is 1.42. The van der Waals surface area contributed by atoms with Crippen molar-refractivity contribution in [3.63, 3.8) is 0 Å². The quantitative estimate of drug-likeness (QED) is 0.642. The first kappa shape index (κ1) is 17.3. The molecule has 1 aromatic rings. The van der Waals surface area contributed by atoms with E-state index in [0.29, 0.717) is 25.0 Å². The summed E-state index contributed by atoms with van der Waals surface area (Å²) in [6.45, 7) is 5.53. The molecule has 4 nitrogen and oxygen atoms in total. The number of benzene rings is 1. The van der Waals surface area contributed by atoms with Crippen LogP contribution < -0.4 is 4.90 Å². The Morgan fingerprint density at radius 3 is 2.61 bits per heavy atom. The van der Waals surface area contributed by atoms with E-state index in [1.165, 1.54) is 5.69 Å². The van der Waals surface area contributed by atoms with Crippen molar-refractivity contribution in [2.45, 2.75) is 33.1 Å². The molecule has 0 aliphatic heterocycles. The summed E-state index contributed by atoms with van der Waals surface area (Å²) in [7, 11) is 2.06. The molecule has 0 fully saturated rings. The minimum absolute atomic E-state index is 0.0103. The van der Waals surface area contributed by atoms with Crippen molar-refractivity contribution < 1.29 is 9.90 Å². The average Bonchev–Trinajstić information content (AvgIpc) is 2.49. The van der Waals surface area contributed by atoms with Gasteiger partial charge in [0.05, 0.1) is 5.57 Å². The fraction of sp³-hybridized carbons (Fsp3) is 0.474. The minimum Gasteiger partial charge on any atom is -0.511 e. The normalized spacial score (nSPS) is 17.8. The van der Waals surface area contributed by atoms with Gasteiger partial charge in [0.15, 0.2) is 5.78 Å². The monoisotopic (exact) mass is 314 g/mol. The second kappa shape index (κ2) is 7.44. The summed E-state index contributed by atoms with van der Waals surface area (Å²) in [5.74, 6) is 0.167. The van der Waals surface area contributed by atoms with Crippen molar-refractivity contribution in [3.8, 4) is 0 Å². The summed E-state index contributed by atoms with van der Waals surface area (Å²) in [6, 6.07) is 10.2. The van der Waals surface area contributed by atoms with E-state index in [4.69, 9.17) is 0 Å². The number of aliphatic hydroxyl groups is 1. The van der Waals surface area contributed by atoms with Crippen molar-refractivity contribution >= 4 is 17.7 Å². The maximum atomic E-state index is 12.1. The van der Waals surface area contributed by atoms with Crippen molar-refractivity contribution in [2.24, 2.45) is 10.4 Å². The number of aliphatic hydroxyl groups excluding tert-OH is 1. The van der Waals surface area contributed by atoms with Gasteiger partial charge in [-0.3, -0.25) is 9.79 Å². The molecule has 0 spiro atoms. The van der Waals surface area contributed by atoms with Gasteiger partial charge >= 0.3 is 0 Å². The highest BCUT2D eigenvalue weighted by Gasteiger charge is 2.32. The van der Waals surface area contributed by atoms with Crippen LogP contribution in [0.3, 0.4) is 0 Å². The molecule has 1 aliphatic rings. The lowest BCUT2D eigenvalue weighted by molar-refractivity contribution is -0.117. The zero-order valence-corrected chi connectivity index (χ0v) is 14.2. The first-order valence-corrected chi connectivity index (χ1v) is 8.10. The largest absolute Gasteiger partial charge is 0.511 e. The Morgan fingerprint density at radius 2 is 1.96 bits per heavy atom. The Labute approximate surface area is 138 Å². The molecular weight excluding hydrogens is 288 g/mol. The third-order valence-corrected chi connectivity index (χ3v) is 4.09. The Morgan fingerprint density at radius 1 is 1.26 bits per heavy atom. The molecule has 124 valence electrons. The van der Waals surface area contributed by atoms with Crippen LogP contribution in [0.5, 0.6) is 0 Å². The summed E-state index contributed by atoms with van der Waals surface area (Å²) in [6.07, 6.45) is 3.46. The van der Waals surface area contributed by atoms with E-state index in [1.807, 2.05) is 32.0 Å². The predicted molar refractivity (Wildman–Crippen MR) is 95.4 cm³/mol. The van der Waals surface area contributed by atoms with Crippen LogP contribution in [-0.2, 0) is 4.79 Å². The second-order valence-corrected chi connectivity index (χ2v) is 6.95. The number of allylic oxidation sites excluding steroid dienone is 2. The van der Waals surface area contributed by atoms with Crippen molar-refractivity contribution in [2.75, 3.05) is 25.0 Å². The maximum Gasteiger partial charge on any atom is 0.168 e. The number of carbonyl (C=O) groups excluding carboxylic acids is 1. The summed E-state index contributed by atoms with van der Waals surface area (Å²) in [5, 5.41) is 10.0. The number of Topliss-reactive ketones (excluding diaryl/α,β-unsaturated/α-hetero) is 1. The number of nitrogens with zero attached hydrogens (tertiary/aromatic N) is 2. The van der Waals surface area contributed by atoms with E-state index in [-0.39, 0.29) is 17.0 Å². The van der Waals surface area contributed by atoms with Crippen LogP contribution in [0.1, 0.15) is 33.1 Å². The van der Waals surface area contributed by atoms with Crippen LogP contribution in [0, 0.1) is 5.41 Å². The minimum atomic E-state index is -0.156. The maximum absolute atomic E-state index is 12.1. The van der Waals surface area contributed by atoms with Gasteiger partial charge < -0.3 is 10.0 Å². The highest BCUT2D eigenvalue weighted by Crippen LogP contribution is 2.35. The third-order valence-electron chi connectivity index (χ3n) is 4.09. The lowest BCUT2D eigenvalue weighted by Gasteiger charge is -2.28. The highest BCUT2D eigenvalue weighted by molar-refractivity contribution is 6.14. The van der Waals surface area contributed by atoms with Crippen LogP contribution in [0.2, 0.25) is 0 Å². The molecule has 0 saturated carbocycles. The van der Waals surface area contributed by atoms with Gasteiger partial charge in [-0.05, 0) is 24.0 Å². The van der Waals surface area contributed by atoms with Crippen LogP contribution in [0.25, 0.3) is 0 Å². The van der Waals surface area contributed by atoms with Gasteiger partial charge in [-0.25, -0.2) is 0 Å². The molecule has 0 heterocycles. The van der Waals surface area contributed by atoms with Crippen LogP contribution in [0.15, 0.2) is 46.7 Å². The number of carbonyl (C=O) groups is 1. The van der Waals surface area contributed by atoms with Gasteiger partial charge in [0, 0.05) is 44.9 Å². The van der Waals surface area contributed by atoms with Gasteiger partial charge in [0.2, 0.25) is 0 Å². The van der Waals surface area contributed by atoms with E-state index < -0.39 is 0 Å². The number of rotatable bonds is 6. The summed E-state index contributed by atoms with van der Waals surface area (Å²) in [4.78, 5) is 18.6. The van der Waals surface area contributed by atoms with Crippen molar-refractivity contribution in [1.29, 1.82) is 0 Å². The average molecular weight is 314 g/mol. The third kappa shape index (κ3) is 4.95. The number of aliphatic imine (C=N–C) groups is 1. The fourth-order valence-corrected chi connectivity index (χ4v) is 2.81. The molecule has 0 amide bonds. The zero-order chi connectivity index (χ0) is 16.9. The fourth-order valence-electron chi connectivity index (χ4n) is 2.81. The zero-order valence-electron chi connectivity index (χ0n) is 14.2. The number of ketones is 1. The van der Waals surface area contributed by atoms with E-state index in [0.717, 1.165) is 13.0 Å². The molecule has 23 heavy (non-hydrogen) atoms. The Bertz CT molecular complexity index is 603. The standard InChI is InChI=1S/C19H26N2O2/c1-19(2)12-17(22)16(18(23)13-19)14-20-10-7-11-21(3)15-8-5-4-6-9-15/h4-6,8-9,14,22H,7,10-13H2,1-3H3. The van der Waals surface area contributed by atoms with Gasteiger partial charge in [-0.2, -0.15) is 0 Å². The highest BCUT2D eigenvalue weighted by atomic mass is 16.3. The number of anilines is 1. The Kier molecular flexibility index (Phi) is 5.59. The van der Waals surface area contributed by atoms with Crippen LogP contribution in [-0.4, -0.2) is 37.2 Å². The first-order valence-electron chi connectivity index (χ1n) is 8.10. The van der Waals surface area contributed by atoms with Gasteiger partial charge in [-0.15, -0.1) is 0 Å². The lowest BCUT2D eigenvalue weighted by atomic mass is 9.77. The van der Waals surface area contributed by atoms with Gasteiger partial charge in [-0.1, -0.05) is 32.0 Å². The molecule has 1 aliphatic carbocycles. The number of hydrogen-bond acceptors (Lipinski definition) is 4. The molecule has 0 radical (unpaired) electrons. The summed E-state index contributed by atoms with van der Waals surface area (Å²) < 4.78 is 0. The van der Waals surface area contributed by atoms with E-state index in [2.05, 4.69) is 29.1 Å². The van der Waals surface area contributed by atoms with Crippen LogP contribution in [0.4, 0.5) is 5.69 Å². The molecule has 1 aromatic carbocycles. The number of para-hydroxylation sites is 1. The smallest absolute Gasteiger partial charge is 0.168 e. The SMILES string of the molecule is CN(CCCN=CC1=C(O)CC(C)(C)CC1=O)c1ccccc1. The molecule has 0 aromatic heterocycles. The molecule has 0 saturated heterocycles. The molecular formula is C19H26N2O2. The lowest BCUT2D eigenvalue weighted by Crippen LogP contribution is -2.26. The first-order chi connectivity index (χ1) is 10.9. The topological polar surface area (TPSA) is 52.9 Å². The number of hydrogen-bond donors (Lipinski definition) is 1. The van der Waals surface area contributed by atoms with E-state index in [9.17, 15) is 9.90 Å². The molecule has 0 unspecified atom stereocenters.